The molecule has 0 amide bonds. The first-order chi connectivity index (χ1) is 15.7. The zero-order valence-corrected chi connectivity index (χ0v) is 18.3. The van der Waals surface area contributed by atoms with Crippen LogP contribution < -0.4 is 10.5 Å². The highest BCUT2D eigenvalue weighted by Crippen LogP contribution is 2.43. The standard InChI is InChI=1S/C21H21ClF3N3O5/c1-30-9-16-17(32-19(26-16)11-2-4-12(5-3-11)21(23,24)25)10-31-13-6-7-14(15(22)8-13)18-27-20(29)33-28-18/h6-8,11-12H,2-5,9-10H2,1H3,(H,27,28,29)/t11-,12+. The fraction of sp³-hybridized carbons (Fsp3) is 0.476. The molecule has 2 heterocycles. The molecular formula is C21H21ClF3N3O5. The number of hydrogen-bond acceptors (Lipinski definition) is 7. The first-order valence-corrected chi connectivity index (χ1v) is 10.6. The van der Waals surface area contributed by atoms with E-state index in [9.17, 15) is 18.0 Å². The highest BCUT2D eigenvalue weighted by atomic mass is 35.5. The van der Waals surface area contributed by atoms with E-state index in [2.05, 4.69) is 19.6 Å². The predicted octanol–water partition coefficient (Wildman–Crippen LogP) is 5.23. The number of H-pyrrole nitrogens is 1. The first kappa shape index (κ1) is 23.4. The van der Waals surface area contributed by atoms with E-state index >= 15 is 0 Å². The Labute approximate surface area is 191 Å². The lowest BCUT2D eigenvalue weighted by atomic mass is 9.81. The van der Waals surface area contributed by atoms with Crippen molar-refractivity contribution >= 4 is 11.6 Å². The van der Waals surface area contributed by atoms with Crippen LogP contribution in [0.2, 0.25) is 5.02 Å². The van der Waals surface area contributed by atoms with Crippen molar-refractivity contribution < 1.29 is 31.6 Å². The molecule has 1 aromatic carbocycles. The average molecular weight is 488 g/mol. The van der Waals surface area contributed by atoms with Crippen molar-refractivity contribution in [3.8, 4) is 17.1 Å². The highest BCUT2D eigenvalue weighted by Gasteiger charge is 2.42. The number of hydrogen-bond donors (Lipinski definition) is 1. The van der Waals surface area contributed by atoms with Gasteiger partial charge in [0.05, 0.1) is 17.5 Å². The second-order valence-electron chi connectivity index (χ2n) is 7.82. The zero-order valence-electron chi connectivity index (χ0n) is 17.6. The van der Waals surface area contributed by atoms with Crippen LogP contribution in [0.15, 0.2) is 31.9 Å². The lowest BCUT2D eigenvalue weighted by Gasteiger charge is -2.28. The SMILES string of the molecule is COCc1nc([C@H]2CC[C@@H](C(F)(F)F)CC2)oc1COc1ccc(-c2noc(=O)[nH]2)c(Cl)c1. The van der Waals surface area contributed by atoms with E-state index < -0.39 is 17.9 Å². The number of ether oxygens (including phenoxy) is 2. The lowest BCUT2D eigenvalue weighted by molar-refractivity contribution is -0.182. The summed E-state index contributed by atoms with van der Waals surface area (Å²) in [7, 11) is 1.51. The van der Waals surface area contributed by atoms with E-state index in [0.717, 1.165) is 0 Å². The van der Waals surface area contributed by atoms with Crippen molar-refractivity contribution in [3.63, 3.8) is 0 Å². The quantitative estimate of drug-likeness (QED) is 0.486. The van der Waals surface area contributed by atoms with Crippen molar-refractivity contribution in [2.75, 3.05) is 7.11 Å². The van der Waals surface area contributed by atoms with E-state index in [1.165, 1.54) is 7.11 Å². The van der Waals surface area contributed by atoms with Crippen molar-refractivity contribution in [2.45, 2.75) is 51.0 Å². The minimum absolute atomic E-state index is 0.0278. The van der Waals surface area contributed by atoms with E-state index in [4.69, 9.17) is 25.5 Å². The molecule has 1 aliphatic carbocycles. The molecule has 0 radical (unpaired) electrons. The van der Waals surface area contributed by atoms with E-state index in [1.807, 2.05) is 0 Å². The van der Waals surface area contributed by atoms with Crippen LogP contribution in [0.1, 0.15) is 48.9 Å². The number of halogens is 4. The maximum absolute atomic E-state index is 12.9. The summed E-state index contributed by atoms with van der Waals surface area (Å²) in [6.45, 7) is 0.208. The fourth-order valence-electron chi connectivity index (χ4n) is 3.88. The Morgan fingerprint density at radius 1 is 1.21 bits per heavy atom. The predicted molar refractivity (Wildman–Crippen MR) is 110 cm³/mol. The largest absolute Gasteiger partial charge is 0.486 e. The monoisotopic (exact) mass is 487 g/mol. The number of alkyl halides is 3. The lowest BCUT2D eigenvalue weighted by Crippen LogP contribution is -2.27. The van der Waals surface area contributed by atoms with Crippen LogP contribution in [0.5, 0.6) is 5.75 Å². The molecule has 1 N–H and O–H groups in total. The summed E-state index contributed by atoms with van der Waals surface area (Å²) >= 11 is 6.27. The molecule has 0 aliphatic heterocycles. The van der Waals surface area contributed by atoms with Crippen molar-refractivity contribution in [1.29, 1.82) is 0 Å². The number of methoxy groups -OCH3 is 1. The van der Waals surface area contributed by atoms with Crippen LogP contribution in [0, 0.1) is 5.92 Å². The maximum atomic E-state index is 12.9. The van der Waals surface area contributed by atoms with Crippen LogP contribution in [-0.2, 0) is 18.0 Å². The topological polar surface area (TPSA) is 103 Å². The highest BCUT2D eigenvalue weighted by molar-refractivity contribution is 6.33. The third kappa shape index (κ3) is 5.41. The summed E-state index contributed by atoms with van der Waals surface area (Å²) in [5.41, 5.74) is 1.000. The van der Waals surface area contributed by atoms with E-state index in [1.54, 1.807) is 18.2 Å². The van der Waals surface area contributed by atoms with Gasteiger partial charge in [-0.25, -0.2) is 9.78 Å². The Kier molecular flexibility index (Phi) is 6.80. The third-order valence-corrected chi connectivity index (χ3v) is 5.93. The molecule has 0 unspecified atom stereocenters. The summed E-state index contributed by atoms with van der Waals surface area (Å²) in [5, 5.41) is 3.89. The molecule has 2 aromatic heterocycles. The van der Waals surface area contributed by atoms with Gasteiger partial charge in [-0.05, 0) is 43.9 Å². The van der Waals surface area contributed by atoms with Gasteiger partial charge in [0.1, 0.15) is 18.1 Å². The van der Waals surface area contributed by atoms with Crippen molar-refractivity contribution in [3.05, 3.63) is 51.1 Å². The van der Waals surface area contributed by atoms with Crippen LogP contribution in [0.3, 0.4) is 0 Å². The third-order valence-electron chi connectivity index (χ3n) is 5.62. The molecule has 1 saturated carbocycles. The molecule has 1 fully saturated rings. The van der Waals surface area contributed by atoms with Gasteiger partial charge in [-0.1, -0.05) is 16.8 Å². The summed E-state index contributed by atoms with van der Waals surface area (Å²) in [5.74, 6) is -0.671. The number of oxazole rings is 1. The van der Waals surface area contributed by atoms with Crippen LogP contribution in [0.4, 0.5) is 13.2 Å². The Morgan fingerprint density at radius 2 is 1.97 bits per heavy atom. The second kappa shape index (κ2) is 9.60. The fourth-order valence-corrected chi connectivity index (χ4v) is 4.14. The zero-order chi connectivity index (χ0) is 23.6. The van der Waals surface area contributed by atoms with Crippen LogP contribution >= 0.6 is 11.6 Å². The van der Waals surface area contributed by atoms with E-state index in [-0.39, 0.29) is 42.8 Å². The van der Waals surface area contributed by atoms with Gasteiger partial charge in [-0.3, -0.25) is 9.51 Å². The van der Waals surface area contributed by atoms with Crippen LogP contribution in [-0.4, -0.2) is 28.4 Å². The van der Waals surface area contributed by atoms with Gasteiger partial charge in [-0.2, -0.15) is 13.2 Å². The molecule has 0 atom stereocenters. The minimum Gasteiger partial charge on any atom is -0.486 e. The molecule has 0 spiro atoms. The molecule has 33 heavy (non-hydrogen) atoms. The maximum Gasteiger partial charge on any atom is 0.439 e. The molecule has 178 valence electrons. The second-order valence-corrected chi connectivity index (χ2v) is 8.23. The number of aromatic amines is 1. The number of rotatable bonds is 7. The number of nitrogens with one attached hydrogen (secondary N) is 1. The minimum atomic E-state index is -4.17. The molecule has 0 bridgehead atoms. The Bertz CT molecular complexity index is 1150. The van der Waals surface area contributed by atoms with Gasteiger partial charge < -0.3 is 13.9 Å². The van der Waals surface area contributed by atoms with Crippen molar-refractivity contribution in [2.24, 2.45) is 5.92 Å². The summed E-state index contributed by atoms with van der Waals surface area (Å²) < 4.78 is 60.2. The summed E-state index contributed by atoms with van der Waals surface area (Å²) in [6.07, 6.45) is -3.33. The average Bonchev–Trinajstić information content (AvgIpc) is 3.38. The van der Waals surface area contributed by atoms with Gasteiger partial charge in [0.25, 0.3) is 0 Å². The van der Waals surface area contributed by atoms with Gasteiger partial charge in [0.15, 0.2) is 17.5 Å². The van der Waals surface area contributed by atoms with Gasteiger partial charge >= 0.3 is 11.9 Å². The molecular weight excluding hydrogens is 467 g/mol. The Hall–Kier alpha value is -2.79. The first-order valence-electron chi connectivity index (χ1n) is 10.3. The number of nitrogens with zero attached hydrogens (tertiary/aromatic N) is 2. The Morgan fingerprint density at radius 3 is 2.58 bits per heavy atom. The van der Waals surface area contributed by atoms with Crippen LogP contribution in [0.25, 0.3) is 11.4 Å². The summed E-state index contributed by atoms with van der Waals surface area (Å²) in [4.78, 5) is 18.0. The molecule has 4 rings (SSSR count). The normalized spacial score (nSPS) is 19.1. The Balaban J connectivity index is 1.44. The summed E-state index contributed by atoms with van der Waals surface area (Å²) in [6, 6.07) is 4.81. The van der Waals surface area contributed by atoms with Gasteiger partial charge in [0.2, 0.25) is 0 Å². The number of benzene rings is 1. The smallest absolute Gasteiger partial charge is 0.439 e. The van der Waals surface area contributed by atoms with Crippen molar-refractivity contribution in [1.82, 2.24) is 15.1 Å². The number of aromatic nitrogens is 3. The molecule has 1 aliphatic rings. The van der Waals surface area contributed by atoms with Gasteiger partial charge in [-0.15, -0.1) is 0 Å². The molecule has 8 nitrogen and oxygen atoms in total. The van der Waals surface area contributed by atoms with Gasteiger partial charge in [0, 0.05) is 18.6 Å². The molecule has 12 heteroatoms. The molecule has 3 aromatic rings. The van der Waals surface area contributed by atoms with E-state index in [0.29, 0.717) is 41.5 Å². The molecule has 0 saturated heterocycles.